The van der Waals surface area contributed by atoms with E-state index < -0.39 is 0 Å². The van der Waals surface area contributed by atoms with Crippen LogP contribution in [0.1, 0.15) is 44.9 Å². The summed E-state index contributed by atoms with van der Waals surface area (Å²) >= 11 is 0. The first-order valence-electron chi connectivity index (χ1n) is 5.22. The van der Waals surface area contributed by atoms with E-state index in [9.17, 15) is 0 Å². The Hall–Kier alpha value is -0.0800. The van der Waals surface area contributed by atoms with Crippen molar-refractivity contribution in [2.75, 3.05) is 0 Å². The molecule has 2 heteroatoms. The third kappa shape index (κ3) is 1.50. The highest BCUT2D eigenvalue weighted by molar-refractivity contribution is 4.85. The van der Waals surface area contributed by atoms with Gasteiger partial charge in [0.15, 0.2) is 0 Å². The summed E-state index contributed by atoms with van der Waals surface area (Å²) in [6.45, 7) is 0. The molecule has 2 aliphatic rings. The normalized spacial score (nSPS) is 42.2. The maximum atomic E-state index is 8.73. The topological polar surface area (TPSA) is 29.5 Å². The summed E-state index contributed by atoms with van der Waals surface area (Å²) in [5.74, 6) is 1.52. The van der Waals surface area contributed by atoms with Gasteiger partial charge in [-0.2, -0.15) is 0 Å². The monoisotopic (exact) mass is 170 g/mol. The van der Waals surface area contributed by atoms with Gasteiger partial charge in [-0.05, 0) is 31.1 Å². The van der Waals surface area contributed by atoms with Crippen LogP contribution in [-0.2, 0) is 4.89 Å². The third-order valence-electron chi connectivity index (χ3n) is 3.64. The molecular weight excluding hydrogens is 152 g/mol. The van der Waals surface area contributed by atoms with Crippen molar-refractivity contribution in [2.45, 2.75) is 51.0 Å². The number of hydrogen-bond donors (Lipinski definition) is 1. The molecule has 2 rings (SSSR count). The molecule has 0 heterocycles. The molecule has 70 valence electrons. The van der Waals surface area contributed by atoms with Crippen LogP contribution in [0, 0.1) is 11.8 Å². The first kappa shape index (κ1) is 8.52. The molecule has 0 bridgehead atoms. The van der Waals surface area contributed by atoms with Crippen LogP contribution < -0.4 is 0 Å². The van der Waals surface area contributed by atoms with Crippen LogP contribution in [0.4, 0.5) is 0 Å². The molecule has 0 saturated heterocycles. The average molecular weight is 170 g/mol. The first-order valence-corrected chi connectivity index (χ1v) is 5.22. The van der Waals surface area contributed by atoms with Gasteiger partial charge in [-0.3, -0.25) is 5.26 Å². The molecule has 2 fully saturated rings. The Kier molecular flexibility index (Phi) is 2.66. The van der Waals surface area contributed by atoms with Gasteiger partial charge in [-0.15, -0.1) is 0 Å². The van der Waals surface area contributed by atoms with Crippen molar-refractivity contribution in [1.29, 1.82) is 0 Å². The number of rotatable bonds is 1. The largest absolute Gasteiger partial charge is 0.252 e. The molecule has 2 nitrogen and oxygen atoms in total. The SMILES string of the molecule is OO[C@@H]1CCCC2CCCCC21. The van der Waals surface area contributed by atoms with Gasteiger partial charge in [0.25, 0.3) is 0 Å². The Balaban J connectivity index is 1.99. The lowest BCUT2D eigenvalue weighted by molar-refractivity contribution is -0.301. The zero-order valence-electron chi connectivity index (χ0n) is 7.54. The lowest BCUT2D eigenvalue weighted by atomic mass is 9.69. The van der Waals surface area contributed by atoms with Gasteiger partial charge in [-0.1, -0.05) is 25.7 Å². The van der Waals surface area contributed by atoms with E-state index in [0.29, 0.717) is 5.92 Å². The fourth-order valence-corrected chi connectivity index (χ4v) is 3.01. The summed E-state index contributed by atoms with van der Waals surface area (Å²) in [5.41, 5.74) is 0. The van der Waals surface area contributed by atoms with Gasteiger partial charge in [0, 0.05) is 0 Å². The predicted octanol–water partition coefficient (Wildman–Crippen LogP) is 2.83. The van der Waals surface area contributed by atoms with Crippen molar-refractivity contribution < 1.29 is 10.1 Å². The zero-order valence-corrected chi connectivity index (χ0v) is 7.54. The van der Waals surface area contributed by atoms with Crippen LogP contribution in [0.15, 0.2) is 0 Å². The maximum Gasteiger partial charge on any atom is 0.0958 e. The molecule has 0 aromatic heterocycles. The highest BCUT2D eigenvalue weighted by Gasteiger charge is 2.35. The van der Waals surface area contributed by atoms with E-state index in [1.54, 1.807) is 0 Å². The minimum atomic E-state index is 0.157. The van der Waals surface area contributed by atoms with Gasteiger partial charge < -0.3 is 0 Å². The van der Waals surface area contributed by atoms with Gasteiger partial charge in [-0.25, -0.2) is 4.89 Å². The quantitative estimate of drug-likeness (QED) is 0.484. The Bertz CT molecular complexity index is 138. The Labute approximate surface area is 73.8 Å². The second-order valence-corrected chi connectivity index (χ2v) is 4.28. The summed E-state index contributed by atoms with van der Waals surface area (Å²) in [6, 6.07) is 0. The van der Waals surface area contributed by atoms with Crippen molar-refractivity contribution in [1.82, 2.24) is 0 Å². The molecule has 0 spiro atoms. The number of hydrogen-bond acceptors (Lipinski definition) is 2. The van der Waals surface area contributed by atoms with E-state index in [1.807, 2.05) is 0 Å². The van der Waals surface area contributed by atoms with Crippen molar-refractivity contribution >= 4 is 0 Å². The van der Waals surface area contributed by atoms with Crippen molar-refractivity contribution in [3.05, 3.63) is 0 Å². The molecule has 3 atom stereocenters. The molecule has 2 unspecified atom stereocenters. The van der Waals surface area contributed by atoms with E-state index in [1.165, 1.54) is 38.5 Å². The predicted molar refractivity (Wildman–Crippen MR) is 46.8 cm³/mol. The molecule has 1 N–H and O–H groups in total. The fourth-order valence-electron chi connectivity index (χ4n) is 3.01. The molecule has 2 aliphatic carbocycles. The molecule has 0 radical (unpaired) electrons. The molecule has 0 aromatic carbocycles. The van der Waals surface area contributed by atoms with Crippen LogP contribution in [-0.4, -0.2) is 11.4 Å². The Morgan fingerprint density at radius 2 is 1.67 bits per heavy atom. The first-order chi connectivity index (χ1) is 5.92. The Morgan fingerprint density at radius 1 is 0.917 bits per heavy atom. The van der Waals surface area contributed by atoms with Crippen molar-refractivity contribution in [2.24, 2.45) is 11.8 Å². The van der Waals surface area contributed by atoms with Crippen LogP contribution in [0.3, 0.4) is 0 Å². The molecule has 0 aromatic rings. The van der Waals surface area contributed by atoms with Gasteiger partial charge in [0.1, 0.15) is 0 Å². The summed E-state index contributed by atoms with van der Waals surface area (Å²) in [6.07, 6.45) is 9.19. The van der Waals surface area contributed by atoms with Gasteiger partial charge >= 0.3 is 0 Å². The minimum Gasteiger partial charge on any atom is -0.252 e. The highest BCUT2D eigenvalue weighted by atomic mass is 17.1. The van der Waals surface area contributed by atoms with Crippen LogP contribution in [0.25, 0.3) is 0 Å². The summed E-state index contributed by atoms with van der Waals surface area (Å²) in [5, 5.41) is 8.73. The van der Waals surface area contributed by atoms with Crippen molar-refractivity contribution in [3.8, 4) is 0 Å². The van der Waals surface area contributed by atoms with E-state index >= 15 is 0 Å². The third-order valence-corrected chi connectivity index (χ3v) is 3.64. The fraction of sp³-hybridized carbons (Fsp3) is 1.00. The second-order valence-electron chi connectivity index (χ2n) is 4.28. The smallest absolute Gasteiger partial charge is 0.0958 e. The molecule has 0 amide bonds. The standard InChI is InChI=1S/C10H18O2/c11-12-10-7-3-5-8-4-1-2-6-9(8)10/h8-11H,1-7H2/t8?,9?,10-/m1/s1. The van der Waals surface area contributed by atoms with Gasteiger partial charge in [0.05, 0.1) is 6.10 Å². The summed E-state index contributed by atoms with van der Waals surface area (Å²) in [7, 11) is 0. The van der Waals surface area contributed by atoms with E-state index in [2.05, 4.69) is 4.89 Å². The second kappa shape index (κ2) is 3.75. The molecule has 0 aliphatic heterocycles. The van der Waals surface area contributed by atoms with Gasteiger partial charge in [0.2, 0.25) is 0 Å². The highest BCUT2D eigenvalue weighted by Crippen LogP contribution is 2.41. The van der Waals surface area contributed by atoms with Crippen molar-refractivity contribution in [3.63, 3.8) is 0 Å². The minimum absolute atomic E-state index is 0.157. The maximum absolute atomic E-state index is 8.73. The zero-order chi connectivity index (χ0) is 8.39. The molecule has 12 heavy (non-hydrogen) atoms. The molecular formula is C10H18O2. The summed E-state index contributed by atoms with van der Waals surface area (Å²) in [4.78, 5) is 4.56. The number of fused-ring (bicyclic) bond motifs is 1. The lowest BCUT2D eigenvalue weighted by Crippen LogP contribution is -2.35. The van der Waals surface area contributed by atoms with Crippen LogP contribution in [0.2, 0.25) is 0 Å². The Morgan fingerprint density at radius 3 is 2.50 bits per heavy atom. The lowest BCUT2D eigenvalue weighted by Gasteiger charge is -2.39. The van der Waals surface area contributed by atoms with E-state index in [4.69, 9.17) is 5.26 Å². The van der Waals surface area contributed by atoms with Crippen LogP contribution in [0.5, 0.6) is 0 Å². The average Bonchev–Trinajstić information content (AvgIpc) is 2.17. The summed E-state index contributed by atoms with van der Waals surface area (Å²) < 4.78 is 0. The van der Waals surface area contributed by atoms with E-state index in [-0.39, 0.29) is 6.10 Å². The van der Waals surface area contributed by atoms with Crippen LogP contribution >= 0.6 is 0 Å². The van der Waals surface area contributed by atoms with E-state index in [0.717, 1.165) is 12.3 Å². The molecule has 2 saturated carbocycles.